The number of aliphatic hydroxyl groups is 3. The molecule has 0 spiro atoms. The van der Waals surface area contributed by atoms with E-state index >= 15 is 0 Å². The van der Waals surface area contributed by atoms with Crippen LogP contribution in [-0.4, -0.2) is 99.5 Å². The molecule has 13 heteroatoms. The highest BCUT2D eigenvalue weighted by Gasteiger charge is 2.40. The van der Waals surface area contributed by atoms with Gasteiger partial charge in [-0.15, -0.1) is 0 Å². The molecule has 0 radical (unpaired) electrons. The molecule has 5 atom stereocenters. The first-order valence-corrected chi connectivity index (χ1v) is 13.5. The van der Waals surface area contributed by atoms with Crippen LogP contribution in [0.4, 0.5) is 0 Å². The molecule has 0 saturated carbocycles. The van der Waals surface area contributed by atoms with Gasteiger partial charge in [-0.3, -0.25) is 14.4 Å². The van der Waals surface area contributed by atoms with Crippen LogP contribution in [-0.2, 0) is 20.8 Å². The quantitative estimate of drug-likeness (QED) is 0.284. The van der Waals surface area contributed by atoms with E-state index in [4.69, 9.17) is 28.5 Å². The summed E-state index contributed by atoms with van der Waals surface area (Å²) in [6, 6.07) is 6.04. The molecule has 1 saturated heterocycles. The van der Waals surface area contributed by atoms with Crippen molar-refractivity contribution in [1.29, 1.82) is 0 Å². The number of hydrogen-bond acceptors (Lipinski definition) is 12. The number of hydroxylamine groups is 2. The molecule has 230 valence electrons. The lowest BCUT2D eigenvalue weighted by atomic mass is 9.95. The van der Waals surface area contributed by atoms with E-state index in [-0.39, 0.29) is 24.1 Å². The Hall–Kier alpha value is -3.46. The van der Waals surface area contributed by atoms with E-state index in [0.717, 1.165) is 5.56 Å². The molecule has 42 heavy (non-hydrogen) atoms. The fourth-order valence-corrected chi connectivity index (χ4v) is 5.55. The third kappa shape index (κ3) is 6.16. The Morgan fingerprint density at radius 2 is 1.74 bits per heavy atom. The predicted molar refractivity (Wildman–Crippen MR) is 150 cm³/mol. The smallest absolute Gasteiger partial charge is 0.237 e. The molecule has 0 bridgehead atoms. The van der Waals surface area contributed by atoms with Crippen LogP contribution in [0, 0.1) is 0 Å². The van der Waals surface area contributed by atoms with Crippen LogP contribution in [0.2, 0.25) is 0 Å². The Kier molecular flexibility index (Phi) is 10.2. The first-order chi connectivity index (χ1) is 20.2. The summed E-state index contributed by atoms with van der Waals surface area (Å²) in [6.45, 7) is -0.812. The first kappa shape index (κ1) is 31.5. The molecular formula is C29H38N2O11. The Morgan fingerprint density at radius 1 is 1.02 bits per heavy atom. The number of hydrogen-bond donors (Lipinski definition) is 4. The van der Waals surface area contributed by atoms with Gasteiger partial charge < -0.3 is 44.3 Å². The van der Waals surface area contributed by atoms with Gasteiger partial charge in [0.25, 0.3) is 0 Å². The first-order valence-electron chi connectivity index (χ1n) is 13.5. The second kappa shape index (κ2) is 13.7. The van der Waals surface area contributed by atoms with Crippen molar-refractivity contribution in [2.75, 3.05) is 48.7 Å². The highest BCUT2D eigenvalue weighted by Crippen LogP contribution is 2.50. The van der Waals surface area contributed by atoms with E-state index in [1.54, 1.807) is 12.1 Å². The van der Waals surface area contributed by atoms with Gasteiger partial charge >= 0.3 is 0 Å². The lowest BCUT2D eigenvalue weighted by Gasteiger charge is -2.40. The summed E-state index contributed by atoms with van der Waals surface area (Å²) >= 11 is 0. The molecule has 0 aromatic heterocycles. The monoisotopic (exact) mass is 590 g/mol. The molecule has 1 aliphatic heterocycles. The molecule has 4 rings (SSSR count). The minimum Gasteiger partial charge on any atom is -0.493 e. The molecular weight excluding hydrogens is 552 g/mol. The summed E-state index contributed by atoms with van der Waals surface area (Å²) in [7, 11) is 7.33. The minimum absolute atomic E-state index is 0.0427. The van der Waals surface area contributed by atoms with E-state index in [1.165, 1.54) is 46.7 Å². The topological polar surface area (TPSA) is 165 Å². The minimum atomic E-state index is -1.27. The van der Waals surface area contributed by atoms with Crippen molar-refractivity contribution in [1.82, 2.24) is 10.4 Å². The number of carbonyl (C=O) groups is 1. The number of nitrogens with one attached hydrogen (secondary N) is 1. The summed E-state index contributed by atoms with van der Waals surface area (Å²) in [5.41, 5.74) is 2.41. The van der Waals surface area contributed by atoms with Crippen molar-refractivity contribution in [3.05, 3.63) is 45.6 Å². The molecule has 1 fully saturated rings. The summed E-state index contributed by atoms with van der Waals surface area (Å²) in [6.07, 6.45) is -3.50. The lowest BCUT2D eigenvalue weighted by Crippen LogP contribution is -2.56. The number of ether oxygens (including phenoxy) is 5. The van der Waals surface area contributed by atoms with Crippen LogP contribution in [0.15, 0.2) is 29.1 Å². The van der Waals surface area contributed by atoms with Crippen molar-refractivity contribution in [3.8, 4) is 34.1 Å². The normalized spacial score (nSPS) is 23.3. The average Bonchev–Trinajstić information content (AvgIpc) is 3.24. The van der Waals surface area contributed by atoms with Crippen molar-refractivity contribution >= 4 is 5.91 Å². The molecule has 1 heterocycles. The average molecular weight is 591 g/mol. The van der Waals surface area contributed by atoms with Crippen molar-refractivity contribution < 1.29 is 48.6 Å². The summed E-state index contributed by atoms with van der Waals surface area (Å²) in [5, 5.41) is 34.1. The maximum atomic E-state index is 13.4. The number of rotatable bonds is 10. The van der Waals surface area contributed by atoms with Gasteiger partial charge in [0, 0.05) is 12.0 Å². The van der Waals surface area contributed by atoms with E-state index in [0.29, 0.717) is 46.8 Å². The van der Waals surface area contributed by atoms with Crippen LogP contribution in [0.3, 0.4) is 0 Å². The van der Waals surface area contributed by atoms with E-state index in [2.05, 4.69) is 5.32 Å². The number of methoxy groups -OCH3 is 4. The van der Waals surface area contributed by atoms with E-state index < -0.39 is 43.1 Å². The Morgan fingerprint density at radius 3 is 2.36 bits per heavy atom. The van der Waals surface area contributed by atoms with Gasteiger partial charge in [-0.25, -0.2) is 0 Å². The van der Waals surface area contributed by atoms with Crippen LogP contribution in [0.25, 0.3) is 11.1 Å². The predicted octanol–water partition coefficient (Wildman–Crippen LogP) is 0.544. The highest BCUT2D eigenvalue weighted by molar-refractivity contribution is 5.84. The number of benzene rings is 1. The zero-order valence-corrected chi connectivity index (χ0v) is 24.3. The van der Waals surface area contributed by atoms with Gasteiger partial charge in [0.05, 0.1) is 54.3 Å². The number of carbonyl (C=O) groups excluding carboxylic acids is 1. The zero-order valence-electron chi connectivity index (χ0n) is 24.3. The van der Waals surface area contributed by atoms with Crippen molar-refractivity contribution in [3.63, 3.8) is 0 Å². The van der Waals surface area contributed by atoms with Gasteiger partial charge in [0.15, 0.2) is 17.2 Å². The third-order valence-electron chi connectivity index (χ3n) is 7.64. The van der Waals surface area contributed by atoms with Crippen LogP contribution in [0.1, 0.15) is 30.0 Å². The van der Waals surface area contributed by atoms with E-state index in [1.807, 2.05) is 6.07 Å². The Bertz CT molecular complexity index is 1340. The largest absolute Gasteiger partial charge is 0.493 e. The highest BCUT2D eigenvalue weighted by atomic mass is 16.7. The number of fused-ring (bicyclic) bond motifs is 3. The lowest BCUT2D eigenvalue weighted by molar-refractivity contribution is -0.292. The van der Waals surface area contributed by atoms with Gasteiger partial charge in [-0.05, 0) is 47.7 Å². The fraction of sp³-hybridized carbons (Fsp3) is 0.517. The summed E-state index contributed by atoms with van der Waals surface area (Å²) in [5.74, 6) is 0.989. The Balaban J connectivity index is 1.71. The maximum absolute atomic E-state index is 13.4. The second-order valence-corrected chi connectivity index (χ2v) is 9.98. The summed E-state index contributed by atoms with van der Waals surface area (Å²) < 4.78 is 27.9. The molecule has 13 nitrogen and oxygen atoms in total. The SMILES string of the molecule is COc1cc2c(c(OC)c1OC)-c1ccc(OC)c(=O)cc1[C@@H](NC(=O)CN(OC)C1C[C@@H](O)[C@@H](O)[C@@H](CO)O1)CC2. The Labute approximate surface area is 243 Å². The summed E-state index contributed by atoms with van der Waals surface area (Å²) in [4.78, 5) is 31.9. The van der Waals surface area contributed by atoms with Crippen molar-refractivity contribution in [2.45, 2.75) is 49.8 Å². The molecule has 2 aromatic rings. The molecule has 1 amide bonds. The van der Waals surface area contributed by atoms with Crippen LogP contribution >= 0.6 is 0 Å². The number of amides is 1. The number of aliphatic hydroxyl groups excluding tert-OH is 3. The molecule has 2 aliphatic rings. The molecule has 2 aromatic carbocycles. The van der Waals surface area contributed by atoms with Gasteiger partial charge in [-0.2, -0.15) is 5.06 Å². The second-order valence-electron chi connectivity index (χ2n) is 9.98. The zero-order chi connectivity index (χ0) is 30.6. The molecule has 4 N–H and O–H groups in total. The molecule has 1 aliphatic carbocycles. The van der Waals surface area contributed by atoms with Gasteiger partial charge in [0.1, 0.15) is 25.0 Å². The van der Waals surface area contributed by atoms with Crippen LogP contribution in [0.5, 0.6) is 23.0 Å². The molecule has 1 unspecified atom stereocenters. The number of aryl methyl sites for hydroxylation is 1. The maximum Gasteiger partial charge on any atom is 0.237 e. The third-order valence-corrected chi connectivity index (χ3v) is 7.64. The van der Waals surface area contributed by atoms with Crippen LogP contribution < -0.4 is 29.7 Å². The standard InChI is InChI=1S/C29H38N2O11/c1-37-21-9-7-16-17(11-19(21)33)18(8-6-15-10-22(38-2)28(39-3)29(40-4)26(15)16)30-24(35)13-31(41-5)25-12-20(34)27(36)23(14-32)42-25/h7,9-11,18,20,23,25,27,32,34,36H,6,8,12-14H2,1-5H3,(H,30,35)/t18-,20+,23+,25?,27+/m0/s1. The van der Waals surface area contributed by atoms with Gasteiger partial charge in [0.2, 0.25) is 17.1 Å². The van der Waals surface area contributed by atoms with Gasteiger partial charge in [-0.1, -0.05) is 6.07 Å². The number of nitrogens with zero attached hydrogens (tertiary/aromatic N) is 1. The van der Waals surface area contributed by atoms with E-state index in [9.17, 15) is 24.9 Å². The van der Waals surface area contributed by atoms with Crippen molar-refractivity contribution in [2.24, 2.45) is 0 Å². The fourth-order valence-electron chi connectivity index (χ4n) is 5.55.